The molecule has 0 bridgehead atoms. The molecule has 0 aromatic heterocycles. The molecule has 6 N–H and O–H groups in total. The van der Waals surface area contributed by atoms with Crippen LogP contribution >= 0.6 is 0 Å². The Bertz CT molecular complexity index is 544. The van der Waals surface area contributed by atoms with Crippen molar-refractivity contribution >= 4 is 17.8 Å². The molecule has 2 unspecified atom stereocenters. The summed E-state index contributed by atoms with van der Waals surface area (Å²) in [5, 5.41) is 23.1. The zero-order chi connectivity index (χ0) is 16.7. The summed E-state index contributed by atoms with van der Waals surface area (Å²) >= 11 is 0. The van der Waals surface area contributed by atoms with Crippen molar-refractivity contribution in [3.05, 3.63) is 29.8 Å². The highest BCUT2D eigenvalue weighted by molar-refractivity contribution is 5.90. The van der Waals surface area contributed by atoms with Gasteiger partial charge >= 0.3 is 5.97 Å². The van der Waals surface area contributed by atoms with Crippen molar-refractivity contribution in [2.75, 3.05) is 6.54 Å². The van der Waals surface area contributed by atoms with Crippen LogP contribution in [0.15, 0.2) is 24.3 Å². The number of carboxylic acids is 1. The van der Waals surface area contributed by atoms with Crippen molar-refractivity contribution < 1.29 is 24.6 Å². The number of phenols is 1. The van der Waals surface area contributed by atoms with Crippen LogP contribution in [-0.4, -0.2) is 46.6 Å². The molecule has 2 amide bonds. The largest absolute Gasteiger partial charge is 0.508 e. The van der Waals surface area contributed by atoms with Gasteiger partial charge in [0.1, 0.15) is 17.8 Å². The minimum absolute atomic E-state index is 0.0545. The number of nitrogens with one attached hydrogen (secondary N) is 2. The van der Waals surface area contributed by atoms with Crippen LogP contribution in [0.1, 0.15) is 12.5 Å². The zero-order valence-corrected chi connectivity index (χ0v) is 12.1. The number of nitrogens with two attached hydrogens (primary N) is 1. The predicted octanol–water partition coefficient (Wildman–Crippen LogP) is -1.03. The number of hydrogen-bond acceptors (Lipinski definition) is 5. The summed E-state index contributed by atoms with van der Waals surface area (Å²) in [5.41, 5.74) is 5.77. The summed E-state index contributed by atoms with van der Waals surface area (Å²) < 4.78 is 0. The fourth-order valence-electron chi connectivity index (χ4n) is 1.73. The number of phenolic OH excluding ortho intramolecular Hbond substituents is 1. The highest BCUT2D eigenvalue weighted by Gasteiger charge is 2.23. The van der Waals surface area contributed by atoms with Crippen LogP contribution in [0.4, 0.5) is 0 Å². The first-order valence-corrected chi connectivity index (χ1v) is 6.64. The van der Waals surface area contributed by atoms with Crippen LogP contribution in [0, 0.1) is 0 Å². The van der Waals surface area contributed by atoms with E-state index < -0.39 is 29.9 Å². The van der Waals surface area contributed by atoms with Gasteiger partial charge in [0.05, 0.1) is 6.54 Å². The summed E-state index contributed by atoms with van der Waals surface area (Å²) in [6.45, 7) is 1.18. The van der Waals surface area contributed by atoms with Gasteiger partial charge in [-0.15, -0.1) is 0 Å². The molecule has 8 heteroatoms. The maximum atomic E-state index is 11.9. The molecule has 0 aliphatic rings. The Morgan fingerprint density at radius 3 is 2.27 bits per heavy atom. The molecule has 1 aromatic carbocycles. The lowest BCUT2D eigenvalue weighted by Gasteiger charge is -2.18. The molecule has 0 spiro atoms. The maximum absolute atomic E-state index is 11.9. The second-order valence-corrected chi connectivity index (χ2v) is 4.76. The molecule has 0 saturated carbocycles. The van der Waals surface area contributed by atoms with E-state index in [0.29, 0.717) is 5.56 Å². The topological polar surface area (TPSA) is 142 Å². The first kappa shape index (κ1) is 17.4. The molecule has 2 atom stereocenters. The van der Waals surface area contributed by atoms with Gasteiger partial charge in [0.2, 0.25) is 11.8 Å². The fraction of sp³-hybridized carbons (Fsp3) is 0.357. The average molecular weight is 309 g/mol. The Labute approximate surface area is 127 Å². The van der Waals surface area contributed by atoms with Gasteiger partial charge in [-0.2, -0.15) is 0 Å². The molecule has 0 aliphatic heterocycles. The predicted molar refractivity (Wildman–Crippen MR) is 78.0 cm³/mol. The van der Waals surface area contributed by atoms with Crippen molar-refractivity contribution in [2.24, 2.45) is 5.73 Å². The highest BCUT2D eigenvalue weighted by Crippen LogP contribution is 2.11. The SMILES string of the molecule is CC(NC(=O)CN)C(=O)NC(Cc1ccc(O)cc1)C(=O)O. The van der Waals surface area contributed by atoms with E-state index in [0.717, 1.165) is 0 Å². The van der Waals surface area contributed by atoms with Gasteiger partial charge in [0, 0.05) is 6.42 Å². The van der Waals surface area contributed by atoms with E-state index in [1.165, 1.54) is 19.1 Å². The number of hydrogen-bond donors (Lipinski definition) is 5. The van der Waals surface area contributed by atoms with Crippen LogP contribution in [-0.2, 0) is 20.8 Å². The normalized spacial score (nSPS) is 13.0. The van der Waals surface area contributed by atoms with E-state index >= 15 is 0 Å². The smallest absolute Gasteiger partial charge is 0.326 e. The Balaban J connectivity index is 2.67. The van der Waals surface area contributed by atoms with Gasteiger partial charge in [-0.05, 0) is 24.6 Å². The number of aromatic hydroxyl groups is 1. The average Bonchev–Trinajstić information content (AvgIpc) is 2.48. The first-order valence-electron chi connectivity index (χ1n) is 6.64. The second kappa shape index (κ2) is 7.99. The Kier molecular flexibility index (Phi) is 6.33. The molecule has 0 heterocycles. The number of carbonyl (C=O) groups is 3. The number of rotatable bonds is 7. The summed E-state index contributed by atoms with van der Waals surface area (Å²) in [6, 6.07) is 3.96. The third-order valence-corrected chi connectivity index (χ3v) is 2.95. The minimum Gasteiger partial charge on any atom is -0.508 e. The van der Waals surface area contributed by atoms with E-state index in [-0.39, 0.29) is 18.7 Å². The quantitative estimate of drug-likeness (QED) is 0.436. The third-order valence-electron chi connectivity index (χ3n) is 2.95. The van der Waals surface area contributed by atoms with Crippen LogP contribution in [0.5, 0.6) is 5.75 Å². The number of carboxylic acid groups (broad SMARTS) is 1. The number of carbonyl (C=O) groups excluding carboxylic acids is 2. The Hall–Kier alpha value is -2.61. The Morgan fingerprint density at radius 2 is 1.77 bits per heavy atom. The summed E-state index contributed by atoms with van der Waals surface area (Å²) in [7, 11) is 0. The molecule has 0 fully saturated rings. The monoisotopic (exact) mass is 309 g/mol. The maximum Gasteiger partial charge on any atom is 0.326 e. The van der Waals surface area contributed by atoms with Gasteiger partial charge < -0.3 is 26.6 Å². The van der Waals surface area contributed by atoms with Crippen molar-refractivity contribution in [3.63, 3.8) is 0 Å². The molecular formula is C14H19N3O5. The lowest BCUT2D eigenvalue weighted by Crippen LogP contribution is -2.51. The standard InChI is InChI=1S/C14H19N3O5/c1-8(16-12(19)7-15)13(20)17-11(14(21)22)6-9-2-4-10(18)5-3-9/h2-5,8,11,18H,6-7,15H2,1H3,(H,16,19)(H,17,20)(H,21,22). The van der Waals surface area contributed by atoms with Crippen molar-refractivity contribution in [2.45, 2.75) is 25.4 Å². The molecule has 0 aliphatic carbocycles. The molecule has 8 nitrogen and oxygen atoms in total. The van der Waals surface area contributed by atoms with E-state index in [4.69, 9.17) is 5.73 Å². The molecule has 0 radical (unpaired) electrons. The van der Waals surface area contributed by atoms with E-state index in [9.17, 15) is 24.6 Å². The lowest BCUT2D eigenvalue weighted by atomic mass is 10.1. The fourth-order valence-corrected chi connectivity index (χ4v) is 1.73. The molecule has 1 aromatic rings. The second-order valence-electron chi connectivity index (χ2n) is 4.76. The molecule has 120 valence electrons. The summed E-state index contributed by atoms with van der Waals surface area (Å²) in [4.78, 5) is 34.2. The van der Waals surface area contributed by atoms with Gasteiger partial charge in [0.15, 0.2) is 0 Å². The molecule has 22 heavy (non-hydrogen) atoms. The zero-order valence-electron chi connectivity index (χ0n) is 12.1. The third kappa shape index (κ3) is 5.41. The van der Waals surface area contributed by atoms with Gasteiger partial charge in [-0.25, -0.2) is 4.79 Å². The lowest BCUT2D eigenvalue weighted by molar-refractivity contribution is -0.142. The highest BCUT2D eigenvalue weighted by atomic mass is 16.4. The molecule has 0 saturated heterocycles. The molecular weight excluding hydrogens is 290 g/mol. The minimum atomic E-state index is -1.20. The van der Waals surface area contributed by atoms with E-state index in [1.54, 1.807) is 12.1 Å². The first-order chi connectivity index (χ1) is 10.3. The summed E-state index contributed by atoms with van der Waals surface area (Å²) in [5.74, 6) is -2.25. The van der Waals surface area contributed by atoms with E-state index in [2.05, 4.69) is 10.6 Å². The molecule has 1 rings (SSSR count). The van der Waals surface area contributed by atoms with Crippen LogP contribution in [0.2, 0.25) is 0 Å². The number of amides is 2. The van der Waals surface area contributed by atoms with Gasteiger partial charge in [-0.3, -0.25) is 9.59 Å². The van der Waals surface area contributed by atoms with Crippen molar-refractivity contribution in [3.8, 4) is 5.75 Å². The van der Waals surface area contributed by atoms with Crippen molar-refractivity contribution in [1.29, 1.82) is 0 Å². The van der Waals surface area contributed by atoms with Crippen LogP contribution in [0.25, 0.3) is 0 Å². The number of aliphatic carboxylic acids is 1. The Morgan fingerprint density at radius 1 is 1.18 bits per heavy atom. The van der Waals surface area contributed by atoms with Crippen LogP contribution < -0.4 is 16.4 Å². The van der Waals surface area contributed by atoms with Gasteiger partial charge in [0.25, 0.3) is 0 Å². The van der Waals surface area contributed by atoms with Crippen LogP contribution in [0.3, 0.4) is 0 Å². The number of benzene rings is 1. The van der Waals surface area contributed by atoms with Gasteiger partial charge in [-0.1, -0.05) is 12.1 Å². The summed E-state index contributed by atoms with van der Waals surface area (Å²) in [6.07, 6.45) is 0.0545. The van der Waals surface area contributed by atoms with E-state index in [1.807, 2.05) is 0 Å². The van der Waals surface area contributed by atoms with Crippen molar-refractivity contribution in [1.82, 2.24) is 10.6 Å².